The van der Waals surface area contributed by atoms with Crippen LogP contribution in [0.25, 0.3) is 6.08 Å². The Morgan fingerprint density at radius 2 is 1.50 bits per heavy atom. The highest BCUT2D eigenvalue weighted by Crippen LogP contribution is 2.40. The van der Waals surface area contributed by atoms with Crippen LogP contribution in [0.2, 0.25) is 0 Å². The van der Waals surface area contributed by atoms with Crippen LogP contribution in [0.1, 0.15) is 21.5 Å². The van der Waals surface area contributed by atoms with Gasteiger partial charge in [-0.25, -0.2) is 0 Å². The molecule has 3 rings (SSSR count). The first-order valence-electron chi connectivity index (χ1n) is 7.97. The van der Waals surface area contributed by atoms with Gasteiger partial charge in [-0.2, -0.15) is 0 Å². The minimum Gasteiger partial charge on any atom is -0.504 e. The molecule has 0 saturated heterocycles. The molecule has 26 heavy (non-hydrogen) atoms. The summed E-state index contributed by atoms with van der Waals surface area (Å²) in [5.41, 5.74) is 2.68. The minimum absolute atomic E-state index is 0.0476. The van der Waals surface area contributed by atoms with Crippen molar-refractivity contribution >= 4 is 11.9 Å². The second kappa shape index (κ2) is 7.00. The van der Waals surface area contributed by atoms with E-state index in [1.807, 2.05) is 0 Å². The van der Waals surface area contributed by atoms with E-state index in [2.05, 4.69) is 0 Å². The molecule has 1 aliphatic rings. The number of phenolic OH excluding ortho intramolecular Hbond substituents is 1. The standard InChI is InChI=1S/C20H20O6/c1-23-16-9-12-8-13(19(22)14(12)10-15(16)21)5-11-6-17(24-2)20(26-4)18(7-11)25-3/h5-7,9-10,21H,8H2,1-4H3/b13-5+. The lowest BCUT2D eigenvalue weighted by molar-refractivity contribution is 0.104. The number of phenols is 1. The van der Waals surface area contributed by atoms with Crippen molar-refractivity contribution in [1.29, 1.82) is 0 Å². The van der Waals surface area contributed by atoms with Crippen LogP contribution >= 0.6 is 0 Å². The lowest BCUT2D eigenvalue weighted by atomic mass is 10.1. The first-order chi connectivity index (χ1) is 12.5. The summed E-state index contributed by atoms with van der Waals surface area (Å²) in [7, 11) is 6.10. The summed E-state index contributed by atoms with van der Waals surface area (Å²) in [5, 5.41) is 9.92. The minimum atomic E-state index is -0.119. The van der Waals surface area contributed by atoms with E-state index >= 15 is 0 Å². The van der Waals surface area contributed by atoms with Crippen LogP contribution in [0, 0.1) is 0 Å². The monoisotopic (exact) mass is 356 g/mol. The van der Waals surface area contributed by atoms with Crippen molar-refractivity contribution in [2.24, 2.45) is 0 Å². The lowest BCUT2D eigenvalue weighted by Gasteiger charge is -2.13. The number of ketones is 1. The normalized spacial score (nSPS) is 14.3. The highest BCUT2D eigenvalue weighted by atomic mass is 16.5. The zero-order chi connectivity index (χ0) is 18.8. The Balaban J connectivity index is 2.02. The number of carbonyl (C=O) groups excluding carboxylic acids is 1. The number of rotatable bonds is 5. The van der Waals surface area contributed by atoms with Crippen molar-refractivity contribution in [1.82, 2.24) is 0 Å². The van der Waals surface area contributed by atoms with E-state index in [9.17, 15) is 9.90 Å². The van der Waals surface area contributed by atoms with Crippen molar-refractivity contribution in [2.75, 3.05) is 28.4 Å². The topological polar surface area (TPSA) is 74.2 Å². The van der Waals surface area contributed by atoms with Gasteiger partial charge in [-0.15, -0.1) is 0 Å². The molecule has 6 heteroatoms. The molecule has 0 bridgehead atoms. The van der Waals surface area contributed by atoms with Gasteiger partial charge in [-0.05, 0) is 41.5 Å². The molecule has 1 aliphatic carbocycles. The Labute approximate surface area is 151 Å². The van der Waals surface area contributed by atoms with E-state index in [1.54, 1.807) is 38.5 Å². The van der Waals surface area contributed by atoms with E-state index < -0.39 is 0 Å². The van der Waals surface area contributed by atoms with Crippen molar-refractivity contribution in [3.8, 4) is 28.7 Å². The summed E-state index contributed by atoms with van der Waals surface area (Å²) in [6.45, 7) is 0. The number of fused-ring (bicyclic) bond motifs is 1. The summed E-state index contributed by atoms with van der Waals surface area (Å²) < 4.78 is 21.1. The molecule has 0 radical (unpaired) electrons. The summed E-state index contributed by atoms with van der Waals surface area (Å²) in [5.74, 6) is 1.71. The Morgan fingerprint density at radius 3 is 2.04 bits per heavy atom. The molecule has 0 spiro atoms. The molecule has 136 valence electrons. The number of benzene rings is 2. The fourth-order valence-corrected chi connectivity index (χ4v) is 3.09. The van der Waals surface area contributed by atoms with Gasteiger partial charge < -0.3 is 24.1 Å². The molecule has 0 heterocycles. The Kier molecular flexibility index (Phi) is 4.75. The number of hydrogen-bond donors (Lipinski definition) is 1. The van der Waals surface area contributed by atoms with Gasteiger partial charge in [0.05, 0.1) is 28.4 Å². The van der Waals surface area contributed by atoms with Crippen LogP contribution < -0.4 is 18.9 Å². The molecule has 0 aromatic heterocycles. The van der Waals surface area contributed by atoms with Gasteiger partial charge in [0, 0.05) is 17.6 Å². The molecule has 0 unspecified atom stereocenters. The highest BCUT2D eigenvalue weighted by molar-refractivity contribution is 6.16. The van der Waals surface area contributed by atoms with E-state index in [4.69, 9.17) is 18.9 Å². The number of ether oxygens (including phenoxy) is 4. The molecule has 0 amide bonds. The van der Waals surface area contributed by atoms with Crippen LogP contribution in [0.15, 0.2) is 29.8 Å². The Morgan fingerprint density at radius 1 is 0.885 bits per heavy atom. The third-order valence-corrected chi connectivity index (χ3v) is 4.35. The number of aromatic hydroxyl groups is 1. The molecule has 0 atom stereocenters. The summed E-state index contributed by atoms with van der Waals surface area (Å²) in [4.78, 5) is 12.7. The Hall–Kier alpha value is -3.15. The smallest absolute Gasteiger partial charge is 0.203 e. The summed E-state index contributed by atoms with van der Waals surface area (Å²) in [6, 6.07) is 6.70. The molecule has 2 aromatic rings. The lowest BCUT2D eigenvalue weighted by Crippen LogP contribution is -1.98. The van der Waals surface area contributed by atoms with Gasteiger partial charge in [-0.3, -0.25) is 4.79 Å². The predicted molar refractivity (Wildman–Crippen MR) is 96.8 cm³/mol. The van der Waals surface area contributed by atoms with Crippen LogP contribution in [0.4, 0.5) is 0 Å². The largest absolute Gasteiger partial charge is 0.504 e. The van der Waals surface area contributed by atoms with E-state index in [-0.39, 0.29) is 11.5 Å². The fourth-order valence-electron chi connectivity index (χ4n) is 3.09. The van der Waals surface area contributed by atoms with E-state index in [0.29, 0.717) is 40.6 Å². The molecule has 2 aromatic carbocycles. The van der Waals surface area contributed by atoms with Crippen LogP contribution in [0.3, 0.4) is 0 Å². The first kappa shape index (κ1) is 17.7. The second-order valence-corrected chi connectivity index (χ2v) is 5.82. The average molecular weight is 356 g/mol. The van der Waals surface area contributed by atoms with Gasteiger partial charge in [0.1, 0.15) is 0 Å². The number of methoxy groups -OCH3 is 4. The van der Waals surface area contributed by atoms with Crippen LogP contribution in [0.5, 0.6) is 28.7 Å². The molecule has 1 N–H and O–H groups in total. The zero-order valence-corrected chi connectivity index (χ0v) is 15.1. The molecule has 0 saturated carbocycles. The fraction of sp³-hybridized carbons (Fsp3) is 0.250. The maximum atomic E-state index is 12.7. The molecule has 0 fully saturated rings. The quantitative estimate of drug-likeness (QED) is 0.829. The van der Waals surface area contributed by atoms with Crippen LogP contribution in [-0.4, -0.2) is 39.3 Å². The SMILES string of the molecule is COc1cc2c(cc1O)C(=O)/C(=C/c1cc(OC)c(OC)c(OC)c1)C2. The third-order valence-electron chi connectivity index (χ3n) is 4.35. The zero-order valence-electron chi connectivity index (χ0n) is 15.1. The van der Waals surface area contributed by atoms with Crippen LogP contribution in [-0.2, 0) is 6.42 Å². The van der Waals surface area contributed by atoms with Gasteiger partial charge in [0.2, 0.25) is 5.75 Å². The van der Waals surface area contributed by atoms with E-state index in [0.717, 1.165) is 11.1 Å². The second-order valence-electron chi connectivity index (χ2n) is 5.82. The van der Waals surface area contributed by atoms with Gasteiger partial charge in [0.15, 0.2) is 28.8 Å². The average Bonchev–Trinajstić information content (AvgIpc) is 2.95. The number of hydrogen-bond acceptors (Lipinski definition) is 6. The summed E-state index contributed by atoms with van der Waals surface area (Å²) in [6.07, 6.45) is 2.25. The Bertz CT molecular complexity index is 872. The number of allylic oxidation sites excluding steroid dienone is 1. The maximum absolute atomic E-state index is 12.7. The summed E-state index contributed by atoms with van der Waals surface area (Å²) >= 11 is 0. The number of carbonyl (C=O) groups is 1. The predicted octanol–water partition coefficient (Wildman–Crippen LogP) is 3.25. The molecular formula is C20H20O6. The highest BCUT2D eigenvalue weighted by Gasteiger charge is 2.27. The maximum Gasteiger partial charge on any atom is 0.203 e. The van der Waals surface area contributed by atoms with Crippen molar-refractivity contribution < 1.29 is 28.8 Å². The molecular weight excluding hydrogens is 336 g/mol. The first-order valence-corrected chi connectivity index (χ1v) is 7.97. The third kappa shape index (κ3) is 2.94. The van der Waals surface area contributed by atoms with Crippen molar-refractivity contribution in [2.45, 2.75) is 6.42 Å². The molecule has 0 aliphatic heterocycles. The van der Waals surface area contributed by atoms with Gasteiger partial charge >= 0.3 is 0 Å². The van der Waals surface area contributed by atoms with Gasteiger partial charge in [-0.1, -0.05) is 0 Å². The molecule has 6 nitrogen and oxygen atoms in total. The van der Waals surface area contributed by atoms with E-state index in [1.165, 1.54) is 20.3 Å². The van der Waals surface area contributed by atoms with Gasteiger partial charge in [0.25, 0.3) is 0 Å². The number of Topliss-reactive ketones (excluding diaryl/α,β-unsaturated/α-hetero) is 1. The van der Waals surface area contributed by atoms with Crippen molar-refractivity contribution in [3.05, 3.63) is 46.5 Å². The van der Waals surface area contributed by atoms with Crippen molar-refractivity contribution in [3.63, 3.8) is 0 Å².